The van der Waals surface area contributed by atoms with Gasteiger partial charge in [-0.05, 0) is 56.3 Å². The van der Waals surface area contributed by atoms with Crippen molar-refractivity contribution in [3.05, 3.63) is 101 Å². The molecule has 0 aliphatic carbocycles. The smallest absolute Gasteiger partial charge is 0.338 e. The summed E-state index contributed by atoms with van der Waals surface area (Å²) in [6, 6.07) is 11.8. The summed E-state index contributed by atoms with van der Waals surface area (Å²) >= 11 is 1.11. The molecule has 12 nitrogen and oxygen atoms in total. The standard InChI is InChI=1S/C30H27N3O9S/c1-6-41-29(35)26-16(2)31-30-32(27(26)21-13-17(38-3)8-11-23(21)40-5)28(34)25(43-30)15-19-9-12-24(42-19)20-10-7-18(39-4)14-22(20)33(36)37/h7-15,27H,6H2,1-5H3/b25-15-. The molecule has 4 aromatic rings. The number of benzene rings is 2. The second-order valence-electron chi connectivity index (χ2n) is 9.25. The van der Waals surface area contributed by atoms with Gasteiger partial charge in [-0.25, -0.2) is 9.79 Å². The van der Waals surface area contributed by atoms with Gasteiger partial charge in [-0.1, -0.05) is 11.3 Å². The van der Waals surface area contributed by atoms with Crippen LogP contribution in [0.5, 0.6) is 17.2 Å². The number of ether oxygens (including phenoxy) is 4. The molecule has 1 aliphatic heterocycles. The molecular formula is C30H27N3O9S. The summed E-state index contributed by atoms with van der Waals surface area (Å²) in [4.78, 5) is 43.3. The number of nitro benzene ring substituents is 1. The highest BCUT2D eigenvalue weighted by atomic mass is 32.1. The fraction of sp³-hybridized carbons (Fsp3) is 0.233. The number of nitrogens with zero attached hydrogens (tertiary/aromatic N) is 3. The van der Waals surface area contributed by atoms with Crippen LogP contribution in [0.3, 0.4) is 0 Å². The highest BCUT2D eigenvalue weighted by molar-refractivity contribution is 7.07. The maximum Gasteiger partial charge on any atom is 0.338 e. The lowest BCUT2D eigenvalue weighted by Gasteiger charge is -2.26. The second-order valence-corrected chi connectivity index (χ2v) is 10.3. The zero-order valence-electron chi connectivity index (χ0n) is 23.9. The van der Waals surface area contributed by atoms with Crippen molar-refractivity contribution in [3.8, 4) is 28.6 Å². The van der Waals surface area contributed by atoms with E-state index in [1.54, 1.807) is 50.2 Å². The van der Waals surface area contributed by atoms with Crippen molar-refractivity contribution in [3.63, 3.8) is 0 Å². The van der Waals surface area contributed by atoms with Gasteiger partial charge in [0, 0.05) is 11.6 Å². The average molecular weight is 606 g/mol. The summed E-state index contributed by atoms with van der Waals surface area (Å²) < 4.78 is 29.1. The van der Waals surface area contributed by atoms with Crippen molar-refractivity contribution >= 4 is 29.1 Å². The molecule has 2 aromatic heterocycles. The van der Waals surface area contributed by atoms with Crippen LogP contribution in [-0.4, -0.2) is 43.4 Å². The van der Waals surface area contributed by atoms with Crippen molar-refractivity contribution in [1.29, 1.82) is 0 Å². The number of esters is 1. The number of furan rings is 1. The Hall–Kier alpha value is -5.17. The number of nitro groups is 1. The van der Waals surface area contributed by atoms with Crippen molar-refractivity contribution in [2.24, 2.45) is 4.99 Å². The zero-order valence-corrected chi connectivity index (χ0v) is 24.7. The zero-order chi connectivity index (χ0) is 30.8. The van der Waals surface area contributed by atoms with E-state index in [0.717, 1.165) is 11.3 Å². The second kappa shape index (κ2) is 12.0. The van der Waals surface area contributed by atoms with Crippen LogP contribution in [0.1, 0.15) is 31.2 Å². The molecule has 2 aromatic carbocycles. The molecule has 5 rings (SSSR count). The number of carbonyl (C=O) groups is 1. The minimum absolute atomic E-state index is 0.134. The van der Waals surface area contributed by atoms with Gasteiger partial charge in [-0.2, -0.15) is 0 Å². The molecule has 0 spiro atoms. The van der Waals surface area contributed by atoms with E-state index in [2.05, 4.69) is 4.99 Å². The number of carbonyl (C=O) groups excluding carboxylic acids is 1. The molecule has 3 heterocycles. The average Bonchev–Trinajstić information content (AvgIpc) is 3.59. The van der Waals surface area contributed by atoms with E-state index in [4.69, 9.17) is 23.4 Å². The van der Waals surface area contributed by atoms with Crippen molar-refractivity contribution in [2.45, 2.75) is 19.9 Å². The summed E-state index contributed by atoms with van der Waals surface area (Å²) in [5.41, 5.74) is 0.744. The quantitative estimate of drug-likeness (QED) is 0.157. The van der Waals surface area contributed by atoms with E-state index >= 15 is 0 Å². The van der Waals surface area contributed by atoms with Crippen LogP contribution in [0.2, 0.25) is 0 Å². The van der Waals surface area contributed by atoms with Gasteiger partial charge in [0.2, 0.25) is 0 Å². The molecule has 1 atom stereocenters. The van der Waals surface area contributed by atoms with Crippen LogP contribution in [0.25, 0.3) is 17.4 Å². The summed E-state index contributed by atoms with van der Waals surface area (Å²) in [6.07, 6.45) is 1.53. The lowest BCUT2D eigenvalue weighted by atomic mass is 9.95. The minimum atomic E-state index is -0.920. The normalized spacial score (nSPS) is 14.6. The van der Waals surface area contributed by atoms with Gasteiger partial charge in [-0.3, -0.25) is 19.5 Å². The number of hydrogen-bond acceptors (Lipinski definition) is 11. The molecule has 0 N–H and O–H groups in total. The third-order valence-electron chi connectivity index (χ3n) is 6.82. The molecule has 0 radical (unpaired) electrons. The number of fused-ring (bicyclic) bond motifs is 1. The molecule has 13 heteroatoms. The fourth-order valence-corrected chi connectivity index (χ4v) is 5.87. The lowest BCUT2D eigenvalue weighted by molar-refractivity contribution is -0.384. The highest BCUT2D eigenvalue weighted by Crippen LogP contribution is 2.38. The highest BCUT2D eigenvalue weighted by Gasteiger charge is 2.35. The predicted octanol–water partition coefficient (Wildman–Crippen LogP) is 3.99. The Labute approximate surface area is 248 Å². The molecule has 0 saturated carbocycles. The van der Waals surface area contributed by atoms with Crippen LogP contribution in [0.15, 0.2) is 74.0 Å². The van der Waals surface area contributed by atoms with Crippen LogP contribution >= 0.6 is 11.3 Å². The van der Waals surface area contributed by atoms with Crippen molar-refractivity contribution < 1.29 is 33.1 Å². The molecule has 43 heavy (non-hydrogen) atoms. The predicted molar refractivity (Wildman–Crippen MR) is 157 cm³/mol. The molecular weight excluding hydrogens is 578 g/mol. The molecule has 0 saturated heterocycles. The first kappa shape index (κ1) is 29.3. The number of methoxy groups -OCH3 is 3. The Morgan fingerprint density at radius 1 is 1.09 bits per heavy atom. The van der Waals surface area contributed by atoms with E-state index in [1.807, 2.05) is 0 Å². The summed E-state index contributed by atoms with van der Waals surface area (Å²) in [5.74, 6) is 1.21. The maximum absolute atomic E-state index is 14.0. The lowest BCUT2D eigenvalue weighted by Crippen LogP contribution is -2.40. The first-order valence-corrected chi connectivity index (χ1v) is 13.9. The van der Waals surface area contributed by atoms with Gasteiger partial charge in [0.15, 0.2) is 4.80 Å². The van der Waals surface area contributed by atoms with Crippen molar-refractivity contribution in [2.75, 3.05) is 27.9 Å². The topological polar surface area (TPSA) is 145 Å². The first-order chi connectivity index (χ1) is 20.7. The number of hydrogen-bond donors (Lipinski definition) is 0. The largest absolute Gasteiger partial charge is 0.497 e. The minimum Gasteiger partial charge on any atom is -0.497 e. The molecule has 222 valence electrons. The maximum atomic E-state index is 14.0. The molecule has 1 unspecified atom stereocenters. The SMILES string of the molecule is CCOC(=O)C1=C(C)N=c2s/c(=C\c3ccc(-c4ccc(OC)cc4[N+](=O)[O-])o3)c(=O)n2C1c1cc(OC)ccc1OC. The van der Waals surface area contributed by atoms with E-state index in [-0.39, 0.29) is 33.7 Å². The van der Waals surface area contributed by atoms with E-state index < -0.39 is 22.5 Å². The van der Waals surface area contributed by atoms with E-state index in [1.165, 1.54) is 44.1 Å². The third-order valence-corrected chi connectivity index (χ3v) is 7.80. The molecule has 0 amide bonds. The van der Waals surface area contributed by atoms with Crippen LogP contribution in [-0.2, 0) is 9.53 Å². The Morgan fingerprint density at radius 3 is 2.49 bits per heavy atom. The Kier molecular flexibility index (Phi) is 8.17. The monoisotopic (exact) mass is 605 g/mol. The Bertz CT molecular complexity index is 1950. The number of thiazole rings is 1. The van der Waals surface area contributed by atoms with Gasteiger partial charge in [-0.15, -0.1) is 0 Å². The Morgan fingerprint density at radius 2 is 1.81 bits per heavy atom. The van der Waals surface area contributed by atoms with Crippen LogP contribution in [0.4, 0.5) is 5.69 Å². The van der Waals surface area contributed by atoms with Crippen LogP contribution in [0, 0.1) is 10.1 Å². The van der Waals surface area contributed by atoms with Gasteiger partial charge in [0.25, 0.3) is 11.2 Å². The van der Waals surface area contributed by atoms with Gasteiger partial charge in [0.05, 0.1) is 60.3 Å². The number of allylic oxidation sites excluding steroid dienone is 1. The fourth-order valence-electron chi connectivity index (χ4n) is 4.84. The van der Waals surface area contributed by atoms with Crippen molar-refractivity contribution in [1.82, 2.24) is 4.57 Å². The van der Waals surface area contributed by atoms with E-state index in [0.29, 0.717) is 39.1 Å². The third kappa shape index (κ3) is 5.42. The summed E-state index contributed by atoms with van der Waals surface area (Å²) in [5, 5.41) is 11.7. The summed E-state index contributed by atoms with van der Waals surface area (Å²) in [6.45, 7) is 3.51. The molecule has 0 fully saturated rings. The number of aromatic nitrogens is 1. The van der Waals surface area contributed by atoms with Gasteiger partial charge in [0.1, 0.15) is 34.8 Å². The molecule has 0 bridgehead atoms. The summed E-state index contributed by atoms with van der Waals surface area (Å²) in [7, 11) is 4.44. The van der Waals surface area contributed by atoms with Crippen LogP contribution < -0.4 is 29.1 Å². The first-order valence-electron chi connectivity index (χ1n) is 13.0. The van der Waals surface area contributed by atoms with E-state index in [9.17, 15) is 19.7 Å². The van der Waals surface area contributed by atoms with Gasteiger partial charge < -0.3 is 23.4 Å². The number of rotatable bonds is 9. The molecule has 1 aliphatic rings. The Balaban J connectivity index is 1.67. The van der Waals surface area contributed by atoms with Gasteiger partial charge >= 0.3 is 5.97 Å².